The minimum absolute atomic E-state index is 0. The number of aromatic amines is 1. The molecule has 62 valence electrons. The molecule has 0 spiro atoms. The first-order valence-electron chi connectivity index (χ1n) is 3.86. The summed E-state index contributed by atoms with van der Waals surface area (Å²) in [6.07, 6.45) is 0. The molecular weight excluding hydrogens is 150 g/mol. The van der Waals surface area contributed by atoms with Crippen molar-refractivity contribution in [2.75, 3.05) is 0 Å². The lowest BCUT2D eigenvalue weighted by Gasteiger charge is -1.97. The number of nitrogens with one attached hydrogen (secondary N) is 1. The van der Waals surface area contributed by atoms with Gasteiger partial charge in [0.15, 0.2) is 0 Å². The molecular formula is C10H11NO. The Kier molecular flexibility index (Phi) is 1.47. The molecule has 0 aliphatic heterocycles. The zero-order valence-electron chi connectivity index (χ0n) is 6.79. The number of aryl methyl sites for hydroxylation is 1. The minimum Gasteiger partial charge on any atom is -0.322 e. The molecule has 0 saturated heterocycles. The van der Waals surface area contributed by atoms with Crippen LogP contribution in [0.5, 0.6) is 0 Å². The molecule has 0 atom stereocenters. The Hall–Kier alpha value is -1.57. The molecule has 0 amide bonds. The van der Waals surface area contributed by atoms with Gasteiger partial charge < -0.3 is 4.98 Å². The molecule has 2 aromatic rings. The number of fused-ring (bicyclic) bond motifs is 1. The quantitative estimate of drug-likeness (QED) is 0.630. The molecule has 0 aliphatic carbocycles. The fraction of sp³-hybridized carbons (Fsp3) is 0.100. The van der Waals surface area contributed by atoms with Crippen molar-refractivity contribution >= 4 is 10.9 Å². The molecule has 1 aromatic carbocycles. The van der Waals surface area contributed by atoms with Crippen molar-refractivity contribution in [1.29, 1.82) is 0 Å². The zero-order chi connectivity index (χ0) is 8.55. The van der Waals surface area contributed by atoms with Gasteiger partial charge in [0.05, 0.1) is 0 Å². The van der Waals surface area contributed by atoms with Crippen molar-refractivity contribution in [3.8, 4) is 0 Å². The summed E-state index contributed by atoms with van der Waals surface area (Å²) >= 11 is 0. The van der Waals surface area contributed by atoms with E-state index in [4.69, 9.17) is 0 Å². The number of hydrogen-bond acceptors (Lipinski definition) is 1. The van der Waals surface area contributed by atoms with Gasteiger partial charge in [-0.15, -0.1) is 0 Å². The highest BCUT2D eigenvalue weighted by atomic mass is 16.1. The topological polar surface area (TPSA) is 32.9 Å². The van der Waals surface area contributed by atoms with Gasteiger partial charge in [-0.2, -0.15) is 0 Å². The molecule has 2 rings (SSSR count). The van der Waals surface area contributed by atoms with Gasteiger partial charge in [0.2, 0.25) is 0 Å². The normalized spacial score (nSPS) is 10.4. The van der Waals surface area contributed by atoms with Gasteiger partial charge in [-0.3, -0.25) is 4.79 Å². The minimum atomic E-state index is -0.00583. The highest BCUT2D eigenvalue weighted by Gasteiger charge is 1.95. The third-order valence-corrected chi connectivity index (χ3v) is 1.94. The Morgan fingerprint density at radius 1 is 1.33 bits per heavy atom. The maximum Gasteiger partial charge on any atom is 0.251 e. The molecule has 12 heavy (non-hydrogen) atoms. The van der Waals surface area contributed by atoms with Crippen LogP contribution in [-0.4, -0.2) is 4.98 Å². The van der Waals surface area contributed by atoms with Crippen LogP contribution in [0.3, 0.4) is 0 Å². The van der Waals surface area contributed by atoms with Gasteiger partial charge in [0, 0.05) is 12.5 Å². The highest BCUT2D eigenvalue weighted by molar-refractivity contribution is 5.78. The van der Waals surface area contributed by atoms with Crippen molar-refractivity contribution < 1.29 is 1.43 Å². The lowest BCUT2D eigenvalue weighted by molar-refractivity contribution is 1.24. The maximum atomic E-state index is 11.2. The van der Waals surface area contributed by atoms with Crippen LogP contribution in [-0.2, 0) is 0 Å². The fourth-order valence-corrected chi connectivity index (χ4v) is 1.26. The molecule has 0 aliphatic rings. The Labute approximate surface area is 71.3 Å². The Bertz CT molecular complexity index is 476. The summed E-state index contributed by atoms with van der Waals surface area (Å²) in [5, 5.41) is 1.08. The first kappa shape index (κ1) is 7.10. The molecule has 0 fully saturated rings. The van der Waals surface area contributed by atoms with Crippen LogP contribution in [0.25, 0.3) is 10.9 Å². The van der Waals surface area contributed by atoms with Gasteiger partial charge in [-0.25, -0.2) is 0 Å². The molecule has 0 saturated carbocycles. The predicted octanol–water partition coefficient (Wildman–Crippen LogP) is 2.08. The molecule has 1 heterocycles. The first-order chi connectivity index (χ1) is 5.77. The van der Waals surface area contributed by atoms with E-state index in [2.05, 4.69) is 4.98 Å². The first-order valence-corrected chi connectivity index (χ1v) is 3.86. The molecule has 2 nitrogen and oxygen atoms in total. The molecule has 0 bridgehead atoms. The average molecular weight is 161 g/mol. The summed E-state index contributed by atoms with van der Waals surface area (Å²) in [4.78, 5) is 14.0. The van der Waals surface area contributed by atoms with Crippen LogP contribution >= 0.6 is 0 Å². The van der Waals surface area contributed by atoms with Crippen molar-refractivity contribution in [2.24, 2.45) is 0 Å². The molecule has 2 heteroatoms. The highest BCUT2D eigenvalue weighted by Crippen LogP contribution is 2.08. The Morgan fingerprint density at radius 3 is 2.92 bits per heavy atom. The fourth-order valence-electron chi connectivity index (χ4n) is 1.26. The monoisotopic (exact) mass is 161 g/mol. The van der Waals surface area contributed by atoms with Gasteiger partial charge in [0.1, 0.15) is 0 Å². The van der Waals surface area contributed by atoms with Gasteiger partial charge in [0.25, 0.3) is 5.56 Å². The van der Waals surface area contributed by atoms with Crippen molar-refractivity contribution in [3.63, 3.8) is 0 Å². The average Bonchev–Trinajstić information content (AvgIpc) is 2.07. The molecule has 1 N–H and O–H groups in total. The maximum absolute atomic E-state index is 11.2. The SMILES string of the molecule is Cc1cc2ccccc2[nH]c1=O.[HH]. The summed E-state index contributed by atoms with van der Waals surface area (Å²) in [6, 6.07) is 9.65. The summed E-state index contributed by atoms with van der Waals surface area (Å²) < 4.78 is 0. The lowest BCUT2D eigenvalue weighted by atomic mass is 10.2. The summed E-state index contributed by atoms with van der Waals surface area (Å²) in [5.41, 5.74) is 1.65. The second-order valence-corrected chi connectivity index (χ2v) is 2.87. The van der Waals surface area contributed by atoms with E-state index in [1.165, 1.54) is 0 Å². The van der Waals surface area contributed by atoms with E-state index in [9.17, 15) is 4.79 Å². The number of H-pyrrole nitrogens is 1. The number of rotatable bonds is 0. The van der Waals surface area contributed by atoms with Crippen LogP contribution in [0, 0.1) is 6.92 Å². The van der Waals surface area contributed by atoms with E-state index in [0.717, 1.165) is 16.5 Å². The van der Waals surface area contributed by atoms with Crippen molar-refractivity contribution in [3.05, 3.63) is 46.2 Å². The van der Waals surface area contributed by atoms with E-state index in [-0.39, 0.29) is 6.99 Å². The smallest absolute Gasteiger partial charge is 0.251 e. The Balaban J connectivity index is 0.000000845. The van der Waals surface area contributed by atoms with E-state index in [1.807, 2.05) is 37.3 Å². The van der Waals surface area contributed by atoms with Gasteiger partial charge in [-0.1, -0.05) is 18.2 Å². The lowest BCUT2D eigenvalue weighted by Crippen LogP contribution is -2.08. The van der Waals surface area contributed by atoms with Crippen LogP contribution < -0.4 is 5.56 Å². The predicted molar refractivity (Wildman–Crippen MR) is 51.4 cm³/mol. The Morgan fingerprint density at radius 2 is 2.08 bits per heavy atom. The third kappa shape index (κ3) is 1.01. The van der Waals surface area contributed by atoms with E-state index in [0.29, 0.717) is 0 Å². The molecule has 1 aromatic heterocycles. The van der Waals surface area contributed by atoms with Gasteiger partial charge >= 0.3 is 0 Å². The largest absolute Gasteiger partial charge is 0.322 e. The van der Waals surface area contributed by atoms with E-state index in [1.54, 1.807) is 0 Å². The van der Waals surface area contributed by atoms with Crippen molar-refractivity contribution in [2.45, 2.75) is 6.92 Å². The van der Waals surface area contributed by atoms with Crippen LogP contribution in [0.1, 0.15) is 6.99 Å². The second-order valence-electron chi connectivity index (χ2n) is 2.87. The second kappa shape index (κ2) is 2.48. The van der Waals surface area contributed by atoms with Crippen molar-refractivity contribution in [1.82, 2.24) is 4.98 Å². The number of benzene rings is 1. The molecule has 0 unspecified atom stereocenters. The third-order valence-electron chi connectivity index (χ3n) is 1.94. The standard InChI is InChI=1S/C10H9NO.H2/c1-7-6-8-4-2-3-5-9(8)11-10(7)12;/h2-6H,1H3,(H,11,12);1H. The summed E-state index contributed by atoms with van der Waals surface area (Å²) in [7, 11) is 0. The van der Waals surface area contributed by atoms with Gasteiger partial charge in [-0.05, 0) is 24.4 Å². The van der Waals surface area contributed by atoms with Crippen LogP contribution in [0.15, 0.2) is 35.1 Å². The van der Waals surface area contributed by atoms with E-state index < -0.39 is 0 Å². The number of pyridine rings is 1. The van der Waals surface area contributed by atoms with Crippen LogP contribution in [0.2, 0.25) is 0 Å². The zero-order valence-corrected chi connectivity index (χ0v) is 6.79. The summed E-state index contributed by atoms with van der Waals surface area (Å²) in [6.45, 7) is 1.81. The summed E-state index contributed by atoms with van der Waals surface area (Å²) in [5.74, 6) is 0. The number of hydrogen-bond donors (Lipinski definition) is 1. The number of aromatic nitrogens is 1. The number of para-hydroxylation sites is 1. The van der Waals surface area contributed by atoms with E-state index >= 15 is 0 Å². The van der Waals surface area contributed by atoms with Crippen LogP contribution in [0.4, 0.5) is 0 Å². The molecule has 0 radical (unpaired) electrons.